The van der Waals surface area contributed by atoms with Gasteiger partial charge in [-0.15, -0.1) is 0 Å². The van der Waals surface area contributed by atoms with Crippen molar-refractivity contribution in [3.8, 4) is 0 Å². The molecule has 1 N–H and O–H groups in total. The Labute approximate surface area is 142 Å². The molecule has 0 aliphatic heterocycles. The lowest BCUT2D eigenvalue weighted by Gasteiger charge is -2.28. The van der Waals surface area contributed by atoms with Crippen molar-refractivity contribution in [3.63, 3.8) is 0 Å². The standard InChI is InChI=1S/C19H37NO3/c1-4-5-6-7-8-11-14-17(2)20(18(3)21)16-13-10-9-12-15-19(22)23/h17H,4-16H2,1-3H3,(H,22,23). The summed E-state index contributed by atoms with van der Waals surface area (Å²) in [7, 11) is 0. The van der Waals surface area contributed by atoms with Gasteiger partial charge in [0.15, 0.2) is 0 Å². The zero-order valence-electron chi connectivity index (χ0n) is 15.5. The van der Waals surface area contributed by atoms with Gasteiger partial charge in [-0.25, -0.2) is 0 Å². The van der Waals surface area contributed by atoms with E-state index in [1.165, 1.54) is 38.5 Å². The first kappa shape index (κ1) is 21.9. The molecule has 0 fully saturated rings. The number of carbonyl (C=O) groups is 2. The third-order valence-electron chi connectivity index (χ3n) is 4.45. The summed E-state index contributed by atoms with van der Waals surface area (Å²) in [5.41, 5.74) is 0. The van der Waals surface area contributed by atoms with E-state index in [1.54, 1.807) is 6.92 Å². The largest absolute Gasteiger partial charge is 0.481 e. The number of hydrogen-bond acceptors (Lipinski definition) is 2. The van der Waals surface area contributed by atoms with Crippen molar-refractivity contribution >= 4 is 11.9 Å². The Kier molecular flexibility index (Phi) is 13.9. The molecular formula is C19H37NO3. The molecule has 0 saturated carbocycles. The number of amides is 1. The molecule has 0 aliphatic rings. The third kappa shape index (κ3) is 13.1. The smallest absolute Gasteiger partial charge is 0.303 e. The molecule has 1 amide bonds. The summed E-state index contributed by atoms with van der Waals surface area (Å²) < 4.78 is 0. The fraction of sp³-hybridized carbons (Fsp3) is 0.895. The van der Waals surface area contributed by atoms with Crippen molar-refractivity contribution in [2.45, 2.75) is 104 Å². The topological polar surface area (TPSA) is 57.6 Å². The lowest BCUT2D eigenvalue weighted by atomic mass is 10.0. The third-order valence-corrected chi connectivity index (χ3v) is 4.45. The number of hydrogen-bond donors (Lipinski definition) is 1. The van der Waals surface area contributed by atoms with Crippen LogP contribution in [-0.2, 0) is 9.59 Å². The Morgan fingerprint density at radius 3 is 2.09 bits per heavy atom. The van der Waals surface area contributed by atoms with Gasteiger partial charge < -0.3 is 10.0 Å². The number of carboxylic acids is 1. The second-order valence-electron chi connectivity index (χ2n) is 6.68. The summed E-state index contributed by atoms with van der Waals surface area (Å²) in [6.45, 7) is 6.84. The zero-order chi connectivity index (χ0) is 17.5. The highest BCUT2D eigenvalue weighted by Crippen LogP contribution is 2.14. The van der Waals surface area contributed by atoms with E-state index in [-0.39, 0.29) is 12.3 Å². The molecule has 0 aliphatic carbocycles. The van der Waals surface area contributed by atoms with Crippen LogP contribution in [0.15, 0.2) is 0 Å². The maximum atomic E-state index is 11.8. The van der Waals surface area contributed by atoms with Crippen LogP contribution >= 0.6 is 0 Å². The SMILES string of the molecule is CCCCCCCCC(C)N(CCCCCCC(=O)O)C(C)=O. The quantitative estimate of drug-likeness (QED) is 0.430. The van der Waals surface area contributed by atoms with Gasteiger partial charge in [-0.1, -0.05) is 58.3 Å². The van der Waals surface area contributed by atoms with Crippen LogP contribution in [0.2, 0.25) is 0 Å². The van der Waals surface area contributed by atoms with Crippen LogP contribution in [0.4, 0.5) is 0 Å². The first-order valence-electron chi connectivity index (χ1n) is 9.48. The van der Waals surface area contributed by atoms with Crippen molar-refractivity contribution in [2.24, 2.45) is 0 Å². The van der Waals surface area contributed by atoms with Crippen LogP contribution in [-0.4, -0.2) is 34.5 Å². The fourth-order valence-corrected chi connectivity index (χ4v) is 2.98. The second kappa shape index (κ2) is 14.5. The summed E-state index contributed by atoms with van der Waals surface area (Å²) >= 11 is 0. The van der Waals surface area contributed by atoms with Gasteiger partial charge in [0.25, 0.3) is 0 Å². The van der Waals surface area contributed by atoms with Crippen molar-refractivity contribution in [3.05, 3.63) is 0 Å². The van der Waals surface area contributed by atoms with Crippen molar-refractivity contribution < 1.29 is 14.7 Å². The number of carbonyl (C=O) groups excluding carboxylic acids is 1. The molecule has 0 aromatic heterocycles. The van der Waals surface area contributed by atoms with Crippen LogP contribution < -0.4 is 0 Å². The minimum atomic E-state index is -0.720. The van der Waals surface area contributed by atoms with Crippen molar-refractivity contribution in [1.29, 1.82) is 0 Å². The van der Waals surface area contributed by atoms with Crippen LogP contribution in [0.25, 0.3) is 0 Å². The molecule has 0 saturated heterocycles. The van der Waals surface area contributed by atoms with Gasteiger partial charge >= 0.3 is 5.97 Å². The maximum Gasteiger partial charge on any atom is 0.303 e. The Morgan fingerprint density at radius 2 is 1.48 bits per heavy atom. The summed E-state index contributed by atoms with van der Waals surface area (Å²) in [6, 6.07) is 0.317. The lowest BCUT2D eigenvalue weighted by Crippen LogP contribution is -2.37. The Balaban J connectivity index is 3.81. The molecule has 1 unspecified atom stereocenters. The fourth-order valence-electron chi connectivity index (χ4n) is 2.98. The summed E-state index contributed by atoms with van der Waals surface area (Å²) in [6.07, 6.45) is 12.7. The average Bonchev–Trinajstić information content (AvgIpc) is 2.49. The average molecular weight is 328 g/mol. The van der Waals surface area contributed by atoms with E-state index in [1.807, 2.05) is 4.90 Å². The molecule has 23 heavy (non-hydrogen) atoms. The van der Waals surface area contributed by atoms with E-state index >= 15 is 0 Å². The van der Waals surface area contributed by atoms with E-state index in [0.29, 0.717) is 6.04 Å². The highest BCUT2D eigenvalue weighted by Gasteiger charge is 2.15. The molecular weight excluding hydrogens is 290 g/mol. The number of aliphatic carboxylic acids is 1. The Hall–Kier alpha value is -1.06. The van der Waals surface area contributed by atoms with Gasteiger partial charge in [-0.3, -0.25) is 9.59 Å². The van der Waals surface area contributed by atoms with E-state index in [4.69, 9.17) is 5.11 Å². The molecule has 0 bridgehead atoms. The molecule has 0 radical (unpaired) electrons. The molecule has 136 valence electrons. The van der Waals surface area contributed by atoms with Crippen molar-refractivity contribution in [1.82, 2.24) is 4.90 Å². The van der Waals surface area contributed by atoms with E-state index in [0.717, 1.165) is 38.6 Å². The highest BCUT2D eigenvalue weighted by atomic mass is 16.4. The summed E-state index contributed by atoms with van der Waals surface area (Å²) in [4.78, 5) is 24.3. The van der Waals surface area contributed by atoms with Crippen LogP contribution in [0.5, 0.6) is 0 Å². The van der Waals surface area contributed by atoms with Gasteiger partial charge in [0.1, 0.15) is 0 Å². The number of rotatable bonds is 15. The Morgan fingerprint density at radius 1 is 0.913 bits per heavy atom. The summed E-state index contributed by atoms with van der Waals surface area (Å²) in [5, 5.41) is 8.60. The monoisotopic (exact) mass is 327 g/mol. The molecule has 0 spiro atoms. The first-order valence-corrected chi connectivity index (χ1v) is 9.48. The molecule has 0 heterocycles. The second-order valence-corrected chi connectivity index (χ2v) is 6.68. The zero-order valence-corrected chi connectivity index (χ0v) is 15.5. The number of carboxylic acid groups (broad SMARTS) is 1. The van der Waals surface area contributed by atoms with E-state index < -0.39 is 5.97 Å². The minimum Gasteiger partial charge on any atom is -0.481 e. The van der Waals surface area contributed by atoms with Gasteiger partial charge in [-0.2, -0.15) is 0 Å². The number of unbranched alkanes of at least 4 members (excludes halogenated alkanes) is 8. The van der Waals surface area contributed by atoms with Crippen LogP contribution in [0.1, 0.15) is 97.8 Å². The normalized spacial score (nSPS) is 12.1. The van der Waals surface area contributed by atoms with Gasteiger partial charge in [0, 0.05) is 25.9 Å². The van der Waals surface area contributed by atoms with Gasteiger partial charge in [-0.05, 0) is 26.2 Å². The molecule has 1 atom stereocenters. The number of nitrogens with zero attached hydrogens (tertiary/aromatic N) is 1. The van der Waals surface area contributed by atoms with Crippen LogP contribution in [0.3, 0.4) is 0 Å². The van der Waals surface area contributed by atoms with E-state index in [2.05, 4.69) is 13.8 Å². The highest BCUT2D eigenvalue weighted by molar-refractivity contribution is 5.73. The van der Waals surface area contributed by atoms with Gasteiger partial charge in [0.2, 0.25) is 5.91 Å². The first-order chi connectivity index (χ1) is 11.0. The summed E-state index contributed by atoms with van der Waals surface area (Å²) in [5.74, 6) is -0.558. The maximum absolute atomic E-state index is 11.8. The predicted octanol–water partition coefficient (Wildman–Crippen LogP) is 5.01. The van der Waals surface area contributed by atoms with Crippen molar-refractivity contribution in [2.75, 3.05) is 6.54 Å². The van der Waals surface area contributed by atoms with Crippen LogP contribution in [0, 0.1) is 0 Å². The molecule has 0 aromatic carbocycles. The molecule has 0 aromatic rings. The lowest BCUT2D eigenvalue weighted by molar-refractivity contribution is -0.137. The predicted molar refractivity (Wildman–Crippen MR) is 95.6 cm³/mol. The molecule has 4 nitrogen and oxygen atoms in total. The van der Waals surface area contributed by atoms with Gasteiger partial charge in [0.05, 0.1) is 0 Å². The Bertz CT molecular complexity index is 318. The molecule has 4 heteroatoms. The molecule has 0 rings (SSSR count). The minimum absolute atomic E-state index is 0.161. The van der Waals surface area contributed by atoms with E-state index in [9.17, 15) is 9.59 Å².